The molecule has 0 saturated carbocycles. The highest BCUT2D eigenvalue weighted by Crippen LogP contribution is 2.17. The second-order valence-corrected chi connectivity index (χ2v) is 3.44. The summed E-state index contributed by atoms with van der Waals surface area (Å²) in [5.74, 6) is -0.819. The van der Waals surface area contributed by atoms with Crippen molar-refractivity contribution in [2.24, 2.45) is 0 Å². The largest absolute Gasteiger partial charge is 0.494 e. The van der Waals surface area contributed by atoms with Crippen molar-refractivity contribution in [3.63, 3.8) is 0 Å². The van der Waals surface area contributed by atoms with Crippen LogP contribution in [0.25, 0.3) is 0 Å². The summed E-state index contributed by atoms with van der Waals surface area (Å²) in [7, 11) is 1.34. The van der Waals surface area contributed by atoms with Gasteiger partial charge >= 0.3 is 0 Å². The van der Waals surface area contributed by atoms with Gasteiger partial charge in [-0.15, -0.1) is 0 Å². The number of carbonyl (C=O) groups excluding carboxylic acids is 1. The van der Waals surface area contributed by atoms with Crippen molar-refractivity contribution >= 4 is 5.91 Å². The lowest BCUT2D eigenvalue weighted by Crippen LogP contribution is -2.27. The number of hydrogen-bond acceptors (Lipinski definition) is 4. The van der Waals surface area contributed by atoms with Gasteiger partial charge < -0.3 is 19.9 Å². The smallest absolute Gasteiger partial charge is 0.251 e. The van der Waals surface area contributed by atoms with E-state index in [9.17, 15) is 9.18 Å². The van der Waals surface area contributed by atoms with Gasteiger partial charge in [-0.25, -0.2) is 4.39 Å². The van der Waals surface area contributed by atoms with Crippen LogP contribution in [-0.2, 0) is 4.74 Å². The number of aliphatic hydroxyl groups is 1. The summed E-state index contributed by atoms with van der Waals surface area (Å²) in [6, 6.07) is 3.89. The maximum atomic E-state index is 13.1. The molecular formula is C12H16FNO4. The highest BCUT2D eigenvalue weighted by Gasteiger charge is 2.09. The summed E-state index contributed by atoms with van der Waals surface area (Å²) in [5, 5.41) is 11.1. The molecule has 18 heavy (non-hydrogen) atoms. The molecule has 0 atom stereocenters. The normalized spacial score (nSPS) is 10.2. The molecule has 100 valence electrons. The van der Waals surface area contributed by atoms with Crippen molar-refractivity contribution in [3.8, 4) is 5.75 Å². The number of methoxy groups -OCH3 is 1. The Bertz CT molecular complexity index is 398. The van der Waals surface area contributed by atoms with E-state index >= 15 is 0 Å². The van der Waals surface area contributed by atoms with E-state index in [1.807, 2.05) is 0 Å². The number of benzene rings is 1. The summed E-state index contributed by atoms with van der Waals surface area (Å²) in [6.45, 7) is 0.812. The third-order valence-corrected chi connectivity index (χ3v) is 2.18. The monoisotopic (exact) mass is 257 g/mol. The Hall–Kier alpha value is -1.66. The summed E-state index contributed by atoms with van der Waals surface area (Å²) in [4.78, 5) is 11.7. The molecule has 0 aliphatic heterocycles. The molecule has 2 N–H and O–H groups in total. The van der Waals surface area contributed by atoms with E-state index in [1.54, 1.807) is 0 Å². The Kier molecular flexibility index (Phi) is 6.10. The fourth-order valence-corrected chi connectivity index (χ4v) is 1.31. The summed E-state index contributed by atoms with van der Waals surface area (Å²) >= 11 is 0. The number of amides is 1. The molecule has 0 bridgehead atoms. The van der Waals surface area contributed by atoms with E-state index in [0.717, 1.165) is 0 Å². The Morgan fingerprint density at radius 1 is 1.44 bits per heavy atom. The molecule has 0 aromatic heterocycles. The van der Waals surface area contributed by atoms with E-state index in [1.165, 1.54) is 25.3 Å². The van der Waals surface area contributed by atoms with Gasteiger partial charge in [0.05, 0.1) is 26.9 Å². The topological polar surface area (TPSA) is 67.8 Å². The van der Waals surface area contributed by atoms with Crippen LogP contribution in [-0.4, -0.2) is 44.5 Å². The molecule has 0 saturated heterocycles. The van der Waals surface area contributed by atoms with Crippen molar-refractivity contribution < 1.29 is 23.8 Å². The number of halogens is 1. The molecule has 0 radical (unpaired) electrons. The molecule has 0 aliphatic carbocycles. The maximum absolute atomic E-state index is 13.1. The third-order valence-electron chi connectivity index (χ3n) is 2.18. The van der Waals surface area contributed by atoms with Crippen molar-refractivity contribution in [2.75, 3.05) is 33.5 Å². The zero-order valence-corrected chi connectivity index (χ0v) is 10.1. The van der Waals surface area contributed by atoms with Gasteiger partial charge in [-0.2, -0.15) is 0 Å². The molecule has 0 fully saturated rings. The SMILES string of the molecule is COc1cc(C(=O)NCCOCCO)ccc1F. The minimum atomic E-state index is -0.514. The van der Waals surface area contributed by atoms with Gasteiger partial charge in [0.25, 0.3) is 5.91 Å². The van der Waals surface area contributed by atoms with Gasteiger partial charge in [0.2, 0.25) is 0 Å². The molecule has 1 aromatic carbocycles. The Balaban J connectivity index is 2.46. The van der Waals surface area contributed by atoms with E-state index < -0.39 is 5.82 Å². The van der Waals surface area contributed by atoms with Gasteiger partial charge in [-0.3, -0.25) is 4.79 Å². The Morgan fingerprint density at radius 2 is 2.22 bits per heavy atom. The maximum Gasteiger partial charge on any atom is 0.251 e. The van der Waals surface area contributed by atoms with Crippen LogP contribution in [0.4, 0.5) is 4.39 Å². The molecule has 0 spiro atoms. The molecular weight excluding hydrogens is 241 g/mol. The predicted molar refractivity (Wildman–Crippen MR) is 63.2 cm³/mol. The average molecular weight is 257 g/mol. The van der Waals surface area contributed by atoms with Crippen LogP contribution in [0, 0.1) is 5.82 Å². The van der Waals surface area contributed by atoms with E-state index in [0.29, 0.717) is 18.7 Å². The molecule has 1 aromatic rings. The van der Waals surface area contributed by atoms with Gasteiger partial charge in [0.15, 0.2) is 11.6 Å². The van der Waals surface area contributed by atoms with Crippen LogP contribution in [0.3, 0.4) is 0 Å². The lowest BCUT2D eigenvalue weighted by molar-refractivity contribution is 0.0838. The van der Waals surface area contributed by atoms with Gasteiger partial charge in [-0.1, -0.05) is 0 Å². The van der Waals surface area contributed by atoms with Crippen molar-refractivity contribution in [3.05, 3.63) is 29.6 Å². The number of aliphatic hydroxyl groups excluding tert-OH is 1. The van der Waals surface area contributed by atoms with Crippen LogP contribution in [0.5, 0.6) is 5.75 Å². The molecule has 0 unspecified atom stereocenters. The predicted octanol–water partition coefficient (Wildman–Crippen LogP) is 0.573. The van der Waals surface area contributed by atoms with Crippen LogP contribution in [0.15, 0.2) is 18.2 Å². The summed E-state index contributed by atoms with van der Waals surface area (Å²) in [5.41, 5.74) is 0.315. The number of carbonyl (C=O) groups is 1. The second-order valence-electron chi connectivity index (χ2n) is 3.44. The number of nitrogens with one attached hydrogen (secondary N) is 1. The van der Waals surface area contributed by atoms with Gasteiger partial charge in [0.1, 0.15) is 0 Å². The molecule has 0 heterocycles. The number of rotatable bonds is 7. The molecule has 0 aliphatic rings. The quantitative estimate of drug-likeness (QED) is 0.701. The molecule has 1 amide bonds. The number of hydrogen-bond donors (Lipinski definition) is 2. The minimum Gasteiger partial charge on any atom is -0.494 e. The molecule has 5 nitrogen and oxygen atoms in total. The second kappa shape index (κ2) is 7.62. The van der Waals surface area contributed by atoms with Crippen LogP contribution >= 0.6 is 0 Å². The van der Waals surface area contributed by atoms with Crippen LogP contribution < -0.4 is 10.1 Å². The standard InChI is InChI=1S/C12H16FNO4/c1-17-11-8-9(2-3-10(11)13)12(16)14-4-6-18-7-5-15/h2-3,8,15H,4-7H2,1H3,(H,14,16). The molecule has 1 rings (SSSR count). The Labute approximate surface area is 105 Å². The van der Waals surface area contributed by atoms with E-state index in [-0.39, 0.29) is 24.9 Å². The first-order valence-electron chi connectivity index (χ1n) is 5.49. The number of ether oxygens (including phenoxy) is 2. The van der Waals surface area contributed by atoms with Gasteiger partial charge in [0, 0.05) is 12.1 Å². The van der Waals surface area contributed by atoms with Gasteiger partial charge in [-0.05, 0) is 18.2 Å². The first kappa shape index (κ1) is 14.4. The zero-order valence-electron chi connectivity index (χ0n) is 10.1. The first-order chi connectivity index (χ1) is 8.69. The fourth-order valence-electron chi connectivity index (χ4n) is 1.31. The fraction of sp³-hybridized carbons (Fsp3) is 0.417. The van der Waals surface area contributed by atoms with E-state index in [4.69, 9.17) is 14.6 Å². The van der Waals surface area contributed by atoms with Crippen molar-refractivity contribution in [1.82, 2.24) is 5.32 Å². The van der Waals surface area contributed by atoms with Crippen molar-refractivity contribution in [2.45, 2.75) is 0 Å². The third kappa shape index (κ3) is 4.31. The van der Waals surface area contributed by atoms with Crippen LogP contribution in [0.2, 0.25) is 0 Å². The average Bonchev–Trinajstić information content (AvgIpc) is 2.38. The minimum absolute atomic E-state index is 0.0270. The Morgan fingerprint density at radius 3 is 2.89 bits per heavy atom. The highest BCUT2D eigenvalue weighted by molar-refractivity contribution is 5.94. The van der Waals surface area contributed by atoms with Crippen LogP contribution in [0.1, 0.15) is 10.4 Å². The van der Waals surface area contributed by atoms with Crippen molar-refractivity contribution in [1.29, 1.82) is 0 Å². The lowest BCUT2D eigenvalue weighted by atomic mass is 10.2. The summed E-state index contributed by atoms with van der Waals surface area (Å²) in [6.07, 6.45) is 0. The first-order valence-corrected chi connectivity index (χ1v) is 5.49. The lowest BCUT2D eigenvalue weighted by Gasteiger charge is -2.07. The molecule has 6 heteroatoms. The summed E-state index contributed by atoms with van der Waals surface area (Å²) < 4.78 is 22.9. The van der Waals surface area contributed by atoms with E-state index in [2.05, 4.69) is 5.32 Å². The highest BCUT2D eigenvalue weighted by atomic mass is 19.1. The zero-order chi connectivity index (χ0) is 13.4.